The first-order chi connectivity index (χ1) is 13.7. The van der Waals surface area contributed by atoms with Crippen LogP contribution >= 0.6 is 0 Å². The summed E-state index contributed by atoms with van der Waals surface area (Å²) in [6, 6.07) is 4.03. The van der Waals surface area contributed by atoms with Gasteiger partial charge < -0.3 is 19.7 Å². The molecule has 9 heteroatoms. The predicted molar refractivity (Wildman–Crippen MR) is 96.5 cm³/mol. The van der Waals surface area contributed by atoms with Crippen molar-refractivity contribution in [3.05, 3.63) is 29.3 Å². The fraction of sp³-hybridized carbons (Fsp3) is 0.600. The SMILES string of the molecule is COc1cc(C2CCN(C(=O)[C@H]3C[C@]4(COC(=O)N4)C3)CC2)ccc1C(F)(F)F. The molecule has 0 atom stereocenters. The number of nitrogens with one attached hydrogen (secondary N) is 1. The Morgan fingerprint density at radius 1 is 1.28 bits per heavy atom. The fourth-order valence-electron chi connectivity index (χ4n) is 4.66. The smallest absolute Gasteiger partial charge is 0.419 e. The topological polar surface area (TPSA) is 67.9 Å². The van der Waals surface area contributed by atoms with E-state index < -0.39 is 17.8 Å². The molecule has 1 aliphatic carbocycles. The third-order valence-electron chi connectivity index (χ3n) is 6.28. The van der Waals surface area contributed by atoms with Gasteiger partial charge in [0, 0.05) is 19.0 Å². The highest BCUT2D eigenvalue weighted by Gasteiger charge is 2.53. The quantitative estimate of drug-likeness (QED) is 0.827. The van der Waals surface area contributed by atoms with Crippen molar-refractivity contribution in [1.82, 2.24) is 10.2 Å². The zero-order valence-corrected chi connectivity index (χ0v) is 16.1. The van der Waals surface area contributed by atoms with E-state index in [1.54, 1.807) is 0 Å². The molecule has 0 unspecified atom stereocenters. The van der Waals surface area contributed by atoms with Gasteiger partial charge in [-0.2, -0.15) is 13.2 Å². The van der Waals surface area contributed by atoms with Gasteiger partial charge >= 0.3 is 12.3 Å². The van der Waals surface area contributed by atoms with Crippen molar-refractivity contribution in [2.24, 2.45) is 5.92 Å². The third kappa shape index (κ3) is 3.74. The number of carbonyl (C=O) groups is 2. The second-order valence-corrected chi connectivity index (χ2v) is 8.14. The number of alkyl halides is 3. The molecule has 29 heavy (non-hydrogen) atoms. The van der Waals surface area contributed by atoms with Gasteiger partial charge in [-0.1, -0.05) is 6.07 Å². The zero-order chi connectivity index (χ0) is 20.8. The van der Waals surface area contributed by atoms with Crippen molar-refractivity contribution in [2.45, 2.75) is 43.3 Å². The van der Waals surface area contributed by atoms with Crippen molar-refractivity contribution < 1.29 is 32.2 Å². The van der Waals surface area contributed by atoms with Gasteiger partial charge in [-0.15, -0.1) is 0 Å². The second kappa shape index (κ2) is 7.11. The van der Waals surface area contributed by atoms with Gasteiger partial charge in [-0.05, 0) is 49.3 Å². The monoisotopic (exact) mass is 412 g/mol. The molecule has 1 saturated carbocycles. The minimum atomic E-state index is -4.45. The Kier molecular flexibility index (Phi) is 4.86. The van der Waals surface area contributed by atoms with E-state index in [-0.39, 0.29) is 29.0 Å². The third-order valence-corrected chi connectivity index (χ3v) is 6.28. The van der Waals surface area contributed by atoms with Crippen LogP contribution in [0.5, 0.6) is 5.75 Å². The molecule has 158 valence electrons. The Labute approximate surface area is 166 Å². The lowest BCUT2D eigenvalue weighted by Crippen LogP contribution is -2.58. The summed E-state index contributed by atoms with van der Waals surface area (Å²) >= 11 is 0. The maximum absolute atomic E-state index is 13.0. The number of rotatable bonds is 3. The summed E-state index contributed by atoms with van der Waals surface area (Å²) in [5.41, 5.74) is -0.361. The second-order valence-electron chi connectivity index (χ2n) is 8.14. The van der Waals surface area contributed by atoms with Crippen LogP contribution in [0.25, 0.3) is 0 Å². The Hall–Kier alpha value is -2.45. The normalized spacial score (nSPS) is 27.4. The zero-order valence-electron chi connectivity index (χ0n) is 16.1. The van der Waals surface area contributed by atoms with E-state index in [0.29, 0.717) is 45.4 Å². The van der Waals surface area contributed by atoms with Gasteiger partial charge in [0.15, 0.2) is 0 Å². The molecule has 6 nitrogen and oxygen atoms in total. The molecule has 2 heterocycles. The summed E-state index contributed by atoms with van der Waals surface area (Å²) < 4.78 is 49.0. The van der Waals surface area contributed by atoms with E-state index >= 15 is 0 Å². The van der Waals surface area contributed by atoms with Gasteiger partial charge in [0.2, 0.25) is 5.91 Å². The molecule has 1 aromatic rings. The van der Waals surface area contributed by atoms with E-state index in [1.807, 2.05) is 4.90 Å². The highest BCUT2D eigenvalue weighted by atomic mass is 19.4. The van der Waals surface area contributed by atoms with Crippen LogP contribution in [0.3, 0.4) is 0 Å². The summed E-state index contributed by atoms with van der Waals surface area (Å²) in [5, 5.41) is 2.79. The fourth-order valence-corrected chi connectivity index (χ4v) is 4.66. The first-order valence-corrected chi connectivity index (χ1v) is 9.70. The van der Waals surface area contributed by atoms with Gasteiger partial charge in [0.05, 0.1) is 18.2 Å². The predicted octanol–water partition coefficient (Wildman–Crippen LogP) is 3.31. The highest BCUT2D eigenvalue weighted by Crippen LogP contribution is 2.43. The number of methoxy groups -OCH3 is 1. The standard InChI is InChI=1S/C20H23F3N2O4/c1-28-16-8-13(2-3-15(16)20(21,22)23)12-4-6-25(7-5-12)17(26)14-9-19(10-14)11-29-18(27)24-19/h2-3,8,12,14H,4-7,9-11H2,1H3,(H,24,27)/t14-,19+. The van der Waals surface area contributed by atoms with Gasteiger partial charge in [-0.25, -0.2) is 4.79 Å². The van der Waals surface area contributed by atoms with E-state index in [9.17, 15) is 22.8 Å². The van der Waals surface area contributed by atoms with Crippen molar-refractivity contribution in [3.8, 4) is 5.75 Å². The van der Waals surface area contributed by atoms with E-state index in [4.69, 9.17) is 9.47 Å². The minimum absolute atomic E-state index is 0.0835. The number of ether oxygens (including phenoxy) is 2. The van der Waals surface area contributed by atoms with Crippen molar-refractivity contribution >= 4 is 12.0 Å². The molecular weight excluding hydrogens is 389 g/mol. The number of benzene rings is 1. The molecule has 2 aliphatic heterocycles. The number of piperidine rings is 1. The molecular formula is C20H23F3N2O4. The minimum Gasteiger partial charge on any atom is -0.496 e. The van der Waals surface area contributed by atoms with Crippen LogP contribution in [0.1, 0.15) is 42.7 Å². The molecule has 1 aromatic carbocycles. The number of hydrogen-bond donors (Lipinski definition) is 1. The van der Waals surface area contributed by atoms with Gasteiger partial charge in [0.1, 0.15) is 12.4 Å². The number of nitrogens with zero attached hydrogens (tertiary/aromatic N) is 1. The summed E-state index contributed by atoms with van der Waals surface area (Å²) in [6.45, 7) is 1.45. The maximum Gasteiger partial charge on any atom is 0.419 e. The Balaban J connectivity index is 1.34. The Morgan fingerprint density at radius 3 is 2.52 bits per heavy atom. The number of cyclic esters (lactones) is 1. The van der Waals surface area contributed by atoms with Crippen LogP contribution in [-0.2, 0) is 15.7 Å². The number of halogens is 3. The summed E-state index contributed by atoms with van der Waals surface area (Å²) in [7, 11) is 1.23. The van der Waals surface area contributed by atoms with Crippen LogP contribution in [0.2, 0.25) is 0 Å². The Morgan fingerprint density at radius 2 is 1.97 bits per heavy atom. The lowest BCUT2D eigenvalue weighted by atomic mass is 9.68. The molecule has 3 fully saturated rings. The lowest BCUT2D eigenvalue weighted by molar-refractivity contribution is -0.142. The molecule has 0 aromatic heterocycles. The number of carbonyl (C=O) groups excluding carboxylic acids is 2. The molecule has 2 amide bonds. The summed E-state index contributed by atoms with van der Waals surface area (Å²) in [5.74, 6) is -0.112. The molecule has 4 rings (SSSR count). The lowest BCUT2D eigenvalue weighted by Gasteiger charge is -2.45. The summed E-state index contributed by atoms with van der Waals surface area (Å²) in [6.07, 6.45) is -2.32. The molecule has 1 spiro atoms. The summed E-state index contributed by atoms with van der Waals surface area (Å²) in [4.78, 5) is 25.8. The van der Waals surface area contributed by atoms with Crippen LogP contribution in [0, 0.1) is 5.92 Å². The number of alkyl carbamates (subject to hydrolysis) is 1. The molecule has 2 saturated heterocycles. The van der Waals surface area contributed by atoms with Crippen molar-refractivity contribution in [1.29, 1.82) is 0 Å². The first kappa shape index (κ1) is 19.8. The van der Waals surface area contributed by atoms with E-state index in [2.05, 4.69) is 5.32 Å². The van der Waals surface area contributed by atoms with Crippen LogP contribution in [-0.4, -0.2) is 49.2 Å². The van der Waals surface area contributed by atoms with Gasteiger partial charge in [0.25, 0.3) is 0 Å². The number of amides is 2. The number of hydrogen-bond acceptors (Lipinski definition) is 4. The average molecular weight is 412 g/mol. The van der Waals surface area contributed by atoms with Crippen molar-refractivity contribution in [2.75, 3.05) is 26.8 Å². The van der Waals surface area contributed by atoms with E-state index in [0.717, 1.165) is 11.6 Å². The van der Waals surface area contributed by atoms with E-state index in [1.165, 1.54) is 19.2 Å². The molecule has 0 bridgehead atoms. The molecule has 1 N–H and O–H groups in total. The van der Waals surface area contributed by atoms with Crippen LogP contribution in [0.4, 0.5) is 18.0 Å². The Bertz CT molecular complexity index is 812. The van der Waals surface area contributed by atoms with Crippen LogP contribution in [0.15, 0.2) is 18.2 Å². The van der Waals surface area contributed by atoms with Crippen molar-refractivity contribution in [3.63, 3.8) is 0 Å². The first-order valence-electron chi connectivity index (χ1n) is 9.70. The molecule has 0 radical (unpaired) electrons. The molecule has 3 aliphatic rings. The largest absolute Gasteiger partial charge is 0.496 e. The highest BCUT2D eigenvalue weighted by molar-refractivity contribution is 5.81. The number of likely N-dealkylation sites (tertiary alicyclic amines) is 1. The van der Waals surface area contributed by atoms with Gasteiger partial charge in [-0.3, -0.25) is 4.79 Å². The average Bonchev–Trinajstić information content (AvgIpc) is 3.07. The maximum atomic E-state index is 13.0. The van der Waals surface area contributed by atoms with Crippen LogP contribution < -0.4 is 10.1 Å².